The first-order valence-electron chi connectivity index (χ1n) is 8.40. The summed E-state index contributed by atoms with van der Waals surface area (Å²) < 4.78 is 0. The molecule has 0 fully saturated rings. The molecule has 3 rings (SSSR count). The van der Waals surface area contributed by atoms with E-state index in [1.165, 1.54) is 0 Å². The van der Waals surface area contributed by atoms with Crippen LogP contribution in [0.4, 0.5) is 0 Å². The van der Waals surface area contributed by atoms with Crippen LogP contribution in [0.25, 0.3) is 22.6 Å². The molecule has 1 aromatic heterocycles. The Morgan fingerprint density at radius 3 is 1.63 bits per heavy atom. The Morgan fingerprint density at radius 2 is 1.22 bits per heavy atom. The number of nitrogens with one attached hydrogen (secondary N) is 1. The molecule has 0 spiro atoms. The van der Waals surface area contributed by atoms with Crippen molar-refractivity contribution in [3.8, 4) is 22.6 Å². The van der Waals surface area contributed by atoms with Crippen molar-refractivity contribution >= 4 is 0 Å². The van der Waals surface area contributed by atoms with Crippen LogP contribution in [-0.2, 0) is 32.7 Å². The third-order valence-corrected chi connectivity index (χ3v) is 2.71. The molecule has 0 aliphatic heterocycles. The van der Waals surface area contributed by atoms with E-state index >= 15 is 0 Å². The summed E-state index contributed by atoms with van der Waals surface area (Å²) in [5.41, 5.74) is 3.31. The van der Waals surface area contributed by atoms with Crippen molar-refractivity contribution in [2.45, 2.75) is 27.7 Å². The van der Waals surface area contributed by atoms with E-state index in [0.29, 0.717) is 0 Å². The van der Waals surface area contributed by atoms with Gasteiger partial charge in [-0.3, -0.25) is 10.1 Å². The molecule has 0 aliphatic carbocycles. The summed E-state index contributed by atoms with van der Waals surface area (Å²) in [6.07, 6.45) is 1.87. The number of nitrogens with zero attached hydrogens (tertiary/aromatic N) is 2. The molecule has 2 aromatic carbocycles. The minimum absolute atomic E-state index is 0. The second kappa shape index (κ2) is 18.9. The van der Waals surface area contributed by atoms with Gasteiger partial charge in [0.1, 0.15) is 5.82 Å². The van der Waals surface area contributed by atoms with Crippen molar-refractivity contribution in [3.63, 3.8) is 0 Å². The maximum atomic E-state index is 8.81. The Morgan fingerprint density at radius 1 is 0.852 bits per heavy atom. The third-order valence-electron chi connectivity index (χ3n) is 2.71. The molecule has 27 heavy (non-hydrogen) atoms. The summed E-state index contributed by atoms with van der Waals surface area (Å²) in [6.45, 7) is 8.00. The Kier molecular flexibility index (Phi) is 21.0. The molecule has 0 amide bonds. The van der Waals surface area contributed by atoms with Crippen LogP contribution >= 0.6 is 0 Å². The van der Waals surface area contributed by atoms with Gasteiger partial charge in [-0.15, -0.1) is 0 Å². The molecule has 145 valence electrons. The van der Waals surface area contributed by atoms with Crippen molar-refractivity contribution in [2.75, 3.05) is 7.05 Å². The normalized spacial score (nSPS) is 7.89. The van der Waals surface area contributed by atoms with Gasteiger partial charge in [0.05, 0.1) is 11.9 Å². The molecule has 5 nitrogen and oxygen atoms in total. The number of H-pyrrole nitrogens is 1. The number of benzene rings is 2. The molecule has 0 bridgehead atoms. The fourth-order valence-corrected chi connectivity index (χ4v) is 1.83. The average Bonchev–Trinajstić information content (AvgIpc) is 3.16. The molecule has 6 heteroatoms. The summed E-state index contributed by atoms with van der Waals surface area (Å²) in [7, 11) is 0.889. The number of hydrogen-bond acceptors (Lipinski definition) is 3. The van der Waals surface area contributed by atoms with Crippen LogP contribution in [0, 0.1) is 17.5 Å². The molecule has 0 atom stereocenters. The van der Waals surface area contributed by atoms with Gasteiger partial charge in [0, 0.05) is 43.2 Å². The molecular formula is C21H30N3O2Y-. The Balaban J connectivity index is -0.000000507. The van der Waals surface area contributed by atoms with Crippen LogP contribution in [0.1, 0.15) is 27.7 Å². The largest absolute Gasteiger partial charge is 0.358 e. The first kappa shape index (κ1) is 29.9. The van der Waals surface area contributed by atoms with E-state index in [-0.39, 0.29) is 40.1 Å². The monoisotopic (exact) mass is 445 g/mol. The zero-order valence-corrected chi connectivity index (χ0v) is 20.0. The van der Waals surface area contributed by atoms with Crippen LogP contribution in [0.15, 0.2) is 66.9 Å². The quantitative estimate of drug-likeness (QED) is 0.293. The van der Waals surface area contributed by atoms with Crippen LogP contribution in [-0.4, -0.2) is 21.9 Å². The van der Waals surface area contributed by atoms with Gasteiger partial charge in [0.2, 0.25) is 0 Å². The first-order valence-corrected chi connectivity index (χ1v) is 8.40. The zero-order valence-electron chi connectivity index (χ0n) is 17.1. The number of aromatic amines is 1. The van der Waals surface area contributed by atoms with E-state index in [9.17, 15) is 0 Å². The van der Waals surface area contributed by atoms with Crippen molar-refractivity contribution < 1.29 is 37.6 Å². The van der Waals surface area contributed by atoms with E-state index in [1.54, 1.807) is 0 Å². The zero-order chi connectivity index (χ0) is 19.1. The number of hydrogen-bond donors (Lipinski definition) is 1. The molecule has 0 saturated heterocycles. The maximum Gasteiger partial charge on any atom is 0.194 e. The van der Waals surface area contributed by atoms with Gasteiger partial charge in [-0.25, -0.2) is 4.98 Å². The molecule has 1 radical (unpaired) electrons. The van der Waals surface area contributed by atoms with Crippen LogP contribution < -0.4 is 0 Å². The number of rotatable bonds is 2. The van der Waals surface area contributed by atoms with Gasteiger partial charge in [-0.05, 0) is 5.56 Å². The van der Waals surface area contributed by atoms with Gasteiger partial charge in [-0.2, -0.15) is 0 Å². The minimum Gasteiger partial charge on any atom is -0.358 e. The Labute approximate surface area is 188 Å². The van der Waals surface area contributed by atoms with E-state index < -0.39 is 4.92 Å². The van der Waals surface area contributed by atoms with Crippen molar-refractivity contribution in [1.29, 1.82) is 0 Å². The van der Waals surface area contributed by atoms with Crippen molar-refractivity contribution in [3.05, 3.63) is 84.4 Å². The molecule has 3 aromatic rings. The van der Waals surface area contributed by atoms with Crippen LogP contribution in [0.2, 0.25) is 0 Å². The number of aromatic nitrogens is 2. The molecule has 0 unspecified atom stereocenters. The average molecular weight is 445 g/mol. The summed E-state index contributed by atoms with van der Waals surface area (Å²) in [4.78, 5) is 16.0. The van der Waals surface area contributed by atoms with E-state index in [2.05, 4.69) is 22.1 Å². The minimum atomic E-state index is -0.500. The Hall–Kier alpha value is -1.85. The van der Waals surface area contributed by atoms with E-state index in [4.69, 9.17) is 10.1 Å². The van der Waals surface area contributed by atoms with Crippen molar-refractivity contribution in [2.24, 2.45) is 0 Å². The summed E-state index contributed by atoms with van der Waals surface area (Å²) in [5.74, 6) is 0.907. The van der Waals surface area contributed by atoms with Gasteiger partial charge in [-0.1, -0.05) is 88.4 Å². The molecule has 1 N–H and O–H groups in total. The van der Waals surface area contributed by atoms with E-state index in [1.807, 2.05) is 82.4 Å². The predicted molar refractivity (Wildman–Crippen MR) is 111 cm³/mol. The second-order valence-corrected chi connectivity index (χ2v) is 4.32. The standard InChI is InChI=1S/C15H12N2.2C2H6.CH3NO2.CH3.Y/c1-3-7-12(8-4-1)14-11-16-15(17-14)13-9-5-2-6-10-13;2*1-2;1-2(3)4;;/h1-11H,(H,16,17);2*1-2H3;1H3;1H3;/q;;;;-1;. The van der Waals surface area contributed by atoms with Gasteiger partial charge < -0.3 is 12.4 Å². The topological polar surface area (TPSA) is 71.8 Å². The number of nitro groups is 1. The SMILES string of the molecule is CC.CC.C[N+](=O)[O-].[CH3-].[Y].c1ccc(-c2cnc(-c3ccccc3)[nH]2)cc1. The van der Waals surface area contributed by atoms with Crippen LogP contribution in [0.5, 0.6) is 0 Å². The van der Waals surface area contributed by atoms with Gasteiger partial charge in [0.15, 0.2) is 7.05 Å². The molecule has 1 heterocycles. The van der Waals surface area contributed by atoms with E-state index in [0.717, 1.165) is 29.7 Å². The smallest absolute Gasteiger partial charge is 0.194 e. The third kappa shape index (κ3) is 12.2. The number of imidazole rings is 1. The summed E-state index contributed by atoms with van der Waals surface area (Å²) >= 11 is 0. The molecular weight excluding hydrogens is 415 g/mol. The van der Waals surface area contributed by atoms with Gasteiger partial charge >= 0.3 is 0 Å². The first-order chi connectivity index (χ1) is 12.2. The molecule has 0 saturated carbocycles. The van der Waals surface area contributed by atoms with Gasteiger partial charge in [0.25, 0.3) is 0 Å². The predicted octanol–water partition coefficient (Wildman–Crippen LogP) is 6.14. The fraction of sp³-hybridized carbons (Fsp3) is 0.238. The Bertz CT molecular complexity index is 644. The molecule has 0 aliphatic rings. The van der Waals surface area contributed by atoms with Crippen LogP contribution in [0.3, 0.4) is 0 Å². The summed E-state index contributed by atoms with van der Waals surface area (Å²) in [5, 5.41) is 8.81. The second-order valence-electron chi connectivity index (χ2n) is 4.32. The fourth-order valence-electron chi connectivity index (χ4n) is 1.83. The maximum absolute atomic E-state index is 8.81. The van der Waals surface area contributed by atoms with Crippen molar-refractivity contribution in [1.82, 2.24) is 9.97 Å². The summed E-state index contributed by atoms with van der Waals surface area (Å²) in [6, 6.07) is 20.3.